The maximum Gasteiger partial charge on any atom is 0.502 e. The van der Waals surface area contributed by atoms with Crippen LogP contribution in [-0.4, -0.2) is 32.9 Å². The summed E-state index contributed by atoms with van der Waals surface area (Å²) in [6, 6.07) is 0. The molecule has 2 fully saturated rings. The second-order valence-electron chi connectivity index (χ2n) is 2.31. The molecule has 0 aromatic heterocycles. The van der Waals surface area contributed by atoms with Gasteiger partial charge in [-0.25, -0.2) is 4.57 Å². The molecule has 0 atom stereocenters. The first kappa shape index (κ1) is 9.54. The van der Waals surface area contributed by atoms with Crippen LogP contribution < -0.4 is 0 Å². The van der Waals surface area contributed by atoms with Crippen LogP contribution in [0, 0.1) is 0 Å². The first-order valence-electron chi connectivity index (χ1n) is 3.76. The maximum absolute atomic E-state index is 11.3. The van der Waals surface area contributed by atoms with E-state index in [0.29, 0.717) is 13.2 Å². The fourth-order valence-corrected chi connectivity index (χ4v) is 1.79. The summed E-state index contributed by atoms with van der Waals surface area (Å²) in [5.41, 5.74) is 0. The van der Waals surface area contributed by atoms with E-state index in [1.54, 1.807) is 0 Å². The molecule has 0 aromatic carbocycles. The standard InChI is InChI=1S/C5H9O7P/c6-13(9-3-4-10-13)12-11-5-7-1-2-8-5/h5H,1-4H2. The lowest BCUT2D eigenvalue weighted by Gasteiger charge is -2.11. The summed E-state index contributed by atoms with van der Waals surface area (Å²) < 4.78 is 34.8. The van der Waals surface area contributed by atoms with E-state index in [0.717, 1.165) is 0 Å². The summed E-state index contributed by atoms with van der Waals surface area (Å²) in [5.74, 6) is 0. The first-order chi connectivity index (χ1) is 6.29. The summed E-state index contributed by atoms with van der Waals surface area (Å²) in [5, 5.41) is 0. The fraction of sp³-hybridized carbons (Fsp3) is 1.00. The predicted octanol–water partition coefficient (Wildman–Crippen LogP) is 0.420. The highest BCUT2D eigenvalue weighted by Gasteiger charge is 2.35. The van der Waals surface area contributed by atoms with E-state index in [1.807, 2.05) is 0 Å². The van der Waals surface area contributed by atoms with Crippen molar-refractivity contribution in [3.05, 3.63) is 0 Å². The molecule has 0 radical (unpaired) electrons. The van der Waals surface area contributed by atoms with Crippen LogP contribution in [0.2, 0.25) is 0 Å². The fourth-order valence-electron chi connectivity index (χ4n) is 0.859. The topological polar surface area (TPSA) is 72.5 Å². The highest BCUT2D eigenvalue weighted by atomic mass is 31.2. The summed E-state index contributed by atoms with van der Waals surface area (Å²) in [4.78, 5) is 4.53. The molecule has 0 aromatic rings. The van der Waals surface area contributed by atoms with Gasteiger partial charge in [-0.1, -0.05) is 0 Å². The molecule has 0 saturated carbocycles. The zero-order valence-corrected chi connectivity index (χ0v) is 7.61. The van der Waals surface area contributed by atoms with Crippen molar-refractivity contribution < 1.29 is 32.6 Å². The van der Waals surface area contributed by atoms with E-state index in [2.05, 4.69) is 18.6 Å². The molecule has 2 aliphatic rings. The maximum atomic E-state index is 11.3. The van der Waals surface area contributed by atoms with Crippen molar-refractivity contribution in [1.29, 1.82) is 0 Å². The average Bonchev–Trinajstić information content (AvgIpc) is 2.72. The van der Waals surface area contributed by atoms with Crippen LogP contribution in [-0.2, 0) is 32.6 Å². The van der Waals surface area contributed by atoms with Gasteiger partial charge >= 0.3 is 14.3 Å². The summed E-state index contributed by atoms with van der Waals surface area (Å²) in [6.45, 7) is 0.346. The lowest BCUT2D eigenvalue weighted by Crippen LogP contribution is -2.12. The Labute approximate surface area is 74.3 Å². The van der Waals surface area contributed by atoms with Crippen LogP contribution in [0.5, 0.6) is 0 Å². The molecule has 2 aliphatic heterocycles. The monoisotopic (exact) mass is 212 g/mol. The largest absolute Gasteiger partial charge is 0.502 e. The van der Waals surface area contributed by atoms with E-state index in [4.69, 9.17) is 9.47 Å². The molecule has 0 amide bonds. The first-order valence-corrected chi connectivity index (χ1v) is 5.22. The van der Waals surface area contributed by atoms with E-state index in [-0.39, 0.29) is 13.2 Å². The Kier molecular flexibility index (Phi) is 2.95. The van der Waals surface area contributed by atoms with Gasteiger partial charge < -0.3 is 9.47 Å². The van der Waals surface area contributed by atoms with E-state index >= 15 is 0 Å². The lowest BCUT2D eigenvalue weighted by molar-refractivity contribution is -0.379. The molecule has 0 bridgehead atoms. The second kappa shape index (κ2) is 4.02. The van der Waals surface area contributed by atoms with Gasteiger partial charge in [0, 0.05) is 0 Å². The molecule has 8 heteroatoms. The van der Waals surface area contributed by atoms with Crippen LogP contribution in [0.25, 0.3) is 0 Å². The quantitative estimate of drug-likeness (QED) is 0.381. The van der Waals surface area contributed by atoms with Gasteiger partial charge in [0.05, 0.1) is 26.4 Å². The SMILES string of the molecule is O=P1(OOC2OCCO2)OCCO1. The smallest absolute Gasteiger partial charge is 0.326 e. The minimum absolute atomic E-state index is 0.229. The van der Waals surface area contributed by atoms with Gasteiger partial charge in [-0.3, -0.25) is 9.05 Å². The second-order valence-corrected chi connectivity index (χ2v) is 3.87. The Morgan fingerprint density at radius 3 is 2.31 bits per heavy atom. The Morgan fingerprint density at radius 2 is 1.69 bits per heavy atom. The number of hydrogen-bond acceptors (Lipinski definition) is 7. The molecule has 13 heavy (non-hydrogen) atoms. The van der Waals surface area contributed by atoms with Gasteiger partial charge in [-0.05, 0) is 0 Å². The van der Waals surface area contributed by atoms with E-state index < -0.39 is 14.3 Å². The van der Waals surface area contributed by atoms with Crippen molar-refractivity contribution in [1.82, 2.24) is 0 Å². The normalized spacial score (nSPS) is 28.3. The molecule has 7 nitrogen and oxygen atoms in total. The van der Waals surface area contributed by atoms with Crippen LogP contribution in [0.4, 0.5) is 0 Å². The number of ether oxygens (including phenoxy) is 2. The van der Waals surface area contributed by atoms with Crippen molar-refractivity contribution >= 4 is 7.82 Å². The third kappa shape index (κ3) is 2.47. The van der Waals surface area contributed by atoms with Crippen LogP contribution >= 0.6 is 7.82 Å². The molecule has 76 valence electrons. The third-order valence-corrected chi connectivity index (χ3v) is 2.65. The zero-order chi connectivity index (χ0) is 9.15. The Bertz CT molecular complexity index is 203. The summed E-state index contributed by atoms with van der Waals surface area (Å²) in [6.07, 6.45) is 0. The van der Waals surface area contributed by atoms with Gasteiger partial charge in [0.15, 0.2) is 0 Å². The minimum Gasteiger partial charge on any atom is -0.326 e. The molecule has 0 aliphatic carbocycles. The molecule has 2 heterocycles. The predicted molar refractivity (Wildman–Crippen MR) is 37.4 cm³/mol. The Hall–Kier alpha value is -0.0100. The molecular weight excluding hydrogens is 203 g/mol. The van der Waals surface area contributed by atoms with Gasteiger partial charge in [-0.2, -0.15) is 4.89 Å². The lowest BCUT2D eigenvalue weighted by atomic mass is 10.8. The van der Waals surface area contributed by atoms with Crippen molar-refractivity contribution in [3.63, 3.8) is 0 Å². The van der Waals surface area contributed by atoms with Gasteiger partial charge in [-0.15, -0.1) is 4.67 Å². The van der Waals surface area contributed by atoms with E-state index in [1.165, 1.54) is 0 Å². The molecule has 0 N–H and O–H groups in total. The highest BCUT2D eigenvalue weighted by molar-refractivity contribution is 7.48. The highest BCUT2D eigenvalue weighted by Crippen LogP contribution is 2.53. The Morgan fingerprint density at radius 1 is 1.08 bits per heavy atom. The zero-order valence-electron chi connectivity index (χ0n) is 6.71. The van der Waals surface area contributed by atoms with Crippen molar-refractivity contribution in [2.24, 2.45) is 0 Å². The molecule has 0 spiro atoms. The molecule has 2 saturated heterocycles. The van der Waals surface area contributed by atoms with Crippen LogP contribution in [0.15, 0.2) is 0 Å². The van der Waals surface area contributed by atoms with Gasteiger partial charge in [0.1, 0.15) is 0 Å². The number of phosphoric acid groups is 1. The van der Waals surface area contributed by atoms with Crippen molar-refractivity contribution in [3.8, 4) is 0 Å². The van der Waals surface area contributed by atoms with Crippen molar-refractivity contribution in [2.75, 3.05) is 26.4 Å². The minimum atomic E-state index is -3.50. The number of phosphoric ester groups is 1. The van der Waals surface area contributed by atoms with Crippen LogP contribution in [0.3, 0.4) is 0 Å². The molecule has 2 rings (SSSR count). The average molecular weight is 212 g/mol. The summed E-state index contributed by atoms with van der Waals surface area (Å²) >= 11 is 0. The Balaban J connectivity index is 1.74. The van der Waals surface area contributed by atoms with E-state index in [9.17, 15) is 4.57 Å². The number of rotatable bonds is 3. The summed E-state index contributed by atoms with van der Waals surface area (Å²) in [7, 11) is -3.50. The van der Waals surface area contributed by atoms with Gasteiger partial charge in [0.2, 0.25) is 0 Å². The third-order valence-electron chi connectivity index (χ3n) is 1.39. The van der Waals surface area contributed by atoms with Gasteiger partial charge in [0.25, 0.3) is 0 Å². The van der Waals surface area contributed by atoms with Crippen LogP contribution in [0.1, 0.15) is 0 Å². The number of hydrogen-bond donors (Lipinski definition) is 0. The van der Waals surface area contributed by atoms with Crippen molar-refractivity contribution in [2.45, 2.75) is 6.48 Å². The molecule has 0 unspecified atom stereocenters. The molecular formula is C5H9O7P.